The Balaban J connectivity index is 2.11. The number of likely N-dealkylation sites (N-methyl/N-ethyl adjacent to an activating group) is 1. The number of hydrogen-bond donors (Lipinski definition) is 0. The summed E-state index contributed by atoms with van der Waals surface area (Å²) in [7, 11) is 5.75. The number of hydrogen-bond acceptors (Lipinski definition) is 4. The molecule has 0 aromatic carbocycles. The molecule has 0 saturated carbocycles. The van der Waals surface area contributed by atoms with E-state index in [0.29, 0.717) is 12.6 Å². The fourth-order valence-corrected chi connectivity index (χ4v) is 2.60. The molecule has 1 aliphatic heterocycles. The number of nitrogens with zero attached hydrogens (tertiary/aromatic N) is 5. The summed E-state index contributed by atoms with van der Waals surface area (Å²) in [5.41, 5.74) is 2.40. The average Bonchev–Trinajstić information content (AvgIpc) is 2.69. The molecular weight excluding hydrogens is 278 g/mol. The Morgan fingerprint density at radius 3 is 2.68 bits per heavy atom. The number of fused-ring (bicyclic) bond motifs is 1. The molecule has 1 aromatic rings. The maximum absolute atomic E-state index is 12.0. The van der Waals surface area contributed by atoms with Gasteiger partial charge in [0.25, 0.3) is 0 Å². The van der Waals surface area contributed by atoms with E-state index >= 15 is 0 Å². The van der Waals surface area contributed by atoms with Crippen molar-refractivity contribution in [3.63, 3.8) is 0 Å². The highest BCUT2D eigenvalue weighted by Gasteiger charge is 2.21. The van der Waals surface area contributed by atoms with Gasteiger partial charge in [-0.1, -0.05) is 0 Å². The highest BCUT2D eigenvalue weighted by Crippen LogP contribution is 2.18. The third-order valence-corrected chi connectivity index (χ3v) is 4.42. The van der Waals surface area contributed by atoms with Crippen LogP contribution in [0.1, 0.15) is 31.7 Å². The van der Waals surface area contributed by atoms with E-state index in [1.807, 2.05) is 20.4 Å². The van der Waals surface area contributed by atoms with E-state index < -0.39 is 0 Å². The molecule has 124 valence electrons. The molecule has 6 heteroatoms. The first-order chi connectivity index (χ1) is 10.4. The van der Waals surface area contributed by atoms with Gasteiger partial charge in [-0.25, -0.2) is 4.98 Å². The fraction of sp³-hybridized carbons (Fsp3) is 0.750. The van der Waals surface area contributed by atoms with E-state index in [4.69, 9.17) is 0 Å². The molecule has 0 fully saturated rings. The molecule has 0 saturated heterocycles. The number of aryl methyl sites for hydroxylation is 1. The van der Waals surface area contributed by atoms with E-state index in [0.717, 1.165) is 38.3 Å². The van der Waals surface area contributed by atoms with Crippen LogP contribution in [0, 0.1) is 0 Å². The van der Waals surface area contributed by atoms with E-state index in [-0.39, 0.29) is 5.91 Å². The lowest BCUT2D eigenvalue weighted by Crippen LogP contribution is -2.36. The molecule has 0 atom stereocenters. The Hall–Kier alpha value is -1.40. The first-order valence-corrected chi connectivity index (χ1v) is 8.04. The van der Waals surface area contributed by atoms with Crippen molar-refractivity contribution >= 4 is 5.91 Å². The molecule has 0 aliphatic carbocycles. The van der Waals surface area contributed by atoms with Gasteiger partial charge >= 0.3 is 0 Å². The molecule has 0 radical (unpaired) electrons. The van der Waals surface area contributed by atoms with Gasteiger partial charge in [-0.15, -0.1) is 0 Å². The fourth-order valence-electron chi connectivity index (χ4n) is 2.60. The number of aromatic nitrogens is 2. The van der Waals surface area contributed by atoms with Gasteiger partial charge in [0.15, 0.2) is 0 Å². The van der Waals surface area contributed by atoms with Gasteiger partial charge in [0.1, 0.15) is 0 Å². The van der Waals surface area contributed by atoms with Crippen LogP contribution in [0.4, 0.5) is 0 Å². The normalized spacial score (nSPS) is 16.0. The van der Waals surface area contributed by atoms with Crippen LogP contribution in [0.2, 0.25) is 0 Å². The van der Waals surface area contributed by atoms with Gasteiger partial charge in [0.05, 0.1) is 24.3 Å². The Bertz CT molecular complexity index is 509. The highest BCUT2D eigenvalue weighted by molar-refractivity contribution is 5.77. The second-order valence-electron chi connectivity index (χ2n) is 6.69. The van der Waals surface area contributed by atoms with Crippen molar-refractivity contribution in [1.82, 2.24) is 24.3 Å². The summed E-state index contributed by atoms with van der Waals surface area (Å²) in [5.74, 6) is 0.161. The van der Waals surface area contributed by atoms with Crippen molar-refractivity contribution in [2.45, 2.75) is 45.9 Å². The van der Waals surface area contributed by atoms with Crippen LogP contribution in [0.15, 0.2) is 6.33 Å². The van der Waals surface area contributed by atoms with E-state index in [1.54, 1.807) is 4.90 Å². The molecule has 0 bridgehead atoms. The van der Waals surface area contributed by atoms with Gasteiger partial charge in [-0.3, -0.25) is 14.6 Å². The predicted octanol–water partition coefficient (Wildman–Crippen LogP) is 1.02. The molecule has 2 heterocycles. The van der Waals surface area contributed by atoms with Gasteiger partial charge in [-0.2, -0.15) is 0 Å². The second kappa shape index (κ2) is 7.24. The van der Waals surface area contributed by atoms with Crippen LogP contribution >= 0.6 is 0 Å². The SMILES string of the molecule is CC(C)N(C)Cc1ncn2c1CN(CC(=O)N(C)C)CCC2. The van der Waals surface area contributed by atoms with Crippen molar-refractivity contribution in [1.29, 1.82) is 0 Å². The first kappa shape index (κ1) is 17.0. The average molecular weight is 307 g/mol. The second-order valence-corrected chi connectivity index (χ2v) is 6.69. The maximum Gasteiger partial charge on any atom is 0.236 e. The summed E-state index contributed by atoms with van der Waals surface area (Å²) in [6, 6.07) is 0.495. The smallest absolute Gasteiger partial charge is 0.236 e. The third kappa shape index (κ3) is 4.08. The molecule has 0 N–H and O–H groups in total. The van der Waals surface area contributed by atoms with Crippen LogP contribution in [0.5, 0.6) is 0 Å². The number of amides is 1. The molecule has 1 aromatic heterocycles. The number of carbonyl (C=O) groups excluding carboxylic acids is 1. The summed E-state index contributed by atoms with van der Waals surface area (Å²) < 4.78 is 2.25. The summed E-state index contributed by atoms with van der Waals surface area (Å²) in [4.78, 5) is 22.8. The van der Waals surface area contributed by atoms with E-state index in [1.165, 1.54) is 5.69 Å². The van der Waals surface area contributed by atoms with Gasteiger partial charge in [-0.05, 0) is 27.3 Å². The van der Waals surface area contributed by atoms with Crippen molar-refractivity contribution in [3.05, 3.63) is 17.7 Å². The molecule has 6 nitrogen and oxygen atoms in total. The van der Waals surface area contributed by atoms with Crippen LogP contribution < -0.4 is 0 Å². The third-order valence-electron chi connectivity index (χ3n) is 4.42. The monoisotopic (exact) mass is 307 g/mol. The highest BCUT2D eigenvalue weighted by atomic mass is 16.2. The van der Waals surface area contributed by atoms with Crippen LogP contribution in [0.3, 0.4) is 0 Å². The molecule has 2 rings (SSSR count). The quantitative estimate of drug-likeness (QED) is 0.815. The largest absolute Gasteiger partial charge is 0.348 e. The lowest BCUT2D eigenvalue weighted by molar-refractivity contribution is -0.130. The van der Waals surface area contributed by atoms with Crippen molar-refractivity contribution in [3.8, 4) is 0 Å². The van der Waals surface area contributed by atoms with Crippen LogP contribution in [-0.4, -0.2) is 70.4 Å². The Morgan fingerprint density at radius 1 is 1.32 bits per heavy atom. The number of imidazole rings is 1. The number of carbonyl (C=O) groups is 1. The van der Waals surface area contributed by atoms with Crippen molar-refractivity contribution in [2.75, 3.05) is 34.2 Å². The molecule has 1 amide bonds. The Morgan fingerprint density at radius 2 is 2.05 bits per heavy atom. The minimum absolute atomic E-state index is 0.161. The van der Waals surface area contributed by atoms with E-state index in [2.05, 4.69) is 40.2 Å². The maximum atomic E-state index is 12.0. The summed E-state index contributed by atoms with van der Waals surface area (Å²) in [6.45, 7) is 8.47. The summed E-state index contributed by atoms with van der Waals surface area (Å²) in [6.07, 6.45) is 3.01. The summed E-state index contributed by atoms with van der Waals surface area (Å²) >= 11 is 0. The molecule has 0 spiro atoms. The lowest BCUT2D eigenvalue weighted by Gasteiger charge is -2.23. The zero-order chi connectivity index (χ0) is 16.3. The van der Waals surface area contributed by atoms with Gasteiger partial charge in [0.2, 0.25) is 5.91 Å². The standard InChI is InChI=1S/C16H29N5O/c1-13(2)19(5)9-14-15-10-20(11-16(22)18(3)4)7-6-8-21(15)12-17-14/h12-13H,6-11H2,1-5H3. The Kier molecular flexibility index (Phi) is 5.58. The zero-order valence-electron chi connectivity index (χ0n) is 14.5. The zero-order valence-corrected chi connectivity index (χ0v) is 14.5. The van der Waals surface area contributed by atoms with Crippen molar-refractivity contribution < 1.29 is 4.79 Å². The molecule has 1 aliphatic rings. The molecular formula is C16H29N5O. The molecule has 0 unspecified atom stereocenters. The van der Waals surface area contributed by atoms with Crippen molar-refractivity contribution in [2.24, 2.45) is 0 Å². The minimum atomic E-state index is 0.161. The van der Waals surface area contributed by atoms with Crippen LogP contribution in [-0.2, 0) is 24.4 Å². The van der Waals surface area contributed by atoms with Gasteiger partial charge < -0.3 is 9.47 Å². The first-order valence-electron chi connectivity index (χ1n) is 8.04. The minimum Gasteiger partial charge on any atom is -0.348 e. The summed E-state index contributed by atoms with van der Waals surface area (Å²) in [5, 5.41) is 0. The topological polar surface area (TPSA) is 44.6 Å². The predicted molar refractivity (Wildman–Crippen MR) is 87.4 cm³/mol. The van der Waals surface area contributed by atoms with Crippen LogP contribution in [0.25, 0.3) is 0 Å². The van der Waals surface area contributed by atoms with Gasteiger partial charge in [0, 0.05) is 46.3 Å². The van der Waals surface area contributed by atoms with E-state index in [9.17, 15) is 4.79 Å². The Labute approximate surface area is 133 Å². The lowest BCUT2D eigenvalue weighted by atomic mass is 10.2. The number of rotatable bonds is 5. The molecule has 22 heavy (non-hydrogen) atoms.